The molecular formula is C20H24FN3O3. The van der Waals surface area contributed by atoms with Crippen LogP contribution < -0.4 is 5.32 Å². The third-order valence-corrected chi connectivity index (χ3v) is 4.87. The van der Waals surface area contributed by atoms with Gasteiger partial charge in [-0.15, -0.1) is 0 Å². The van der Waals surface area contributed by atoms with E-state index in [2.05, 4.69) is 29.0 Å². The lowest BCUT2D eigenvalue weighted by Crippen LogP contribution is -2.36. The average Bonchev–Trinajstić information content (AvgIpc) is 3.03. The number of nitrogens with zero attached hydrogens (tertiary/aromatic N) is 2. The van der Waals surface area contributed by atoms with Gasteiger partial charge in [0, 0.05) is 12.0 Å². The Kier molecular flexibility index (Phi) is 5.30. The Bertz CT molecular complexity index is 843. The number of methoxy groups -OCH3 is 1. The molecule has 0 saturated heterocycles. The van der Waals surface area contributed by atoms with Crippen LogP contribution in [-0.4, -0.2) is 28.8 Å². The lowest BCUT2D eigenvalue weighted by molar-refractivity contribution is -0.142. The first-order valence-electron chi connectivity index (χ1n) is 8.98. The zero-order chi connectivity index (χ0) is 19.6. The van der Waals surface area contributed by atoms with Gasteiger partial charge in [0.05, 0.1) is 37.2 Å². The lowest BCUT2D eigenvalue weighted by Gasteiger charge is -2.36. The van der Waals surface area contributed by atoms with E-state index < -0.39 is 5.97 Å². The number of aromatic nitrogens is 2. The molecule has 3 rings (SSSR count). The minimum absolute atomic E-state index is 0.0366. The van der Waals surface area contributed by atoms with Crippen molar-refractivity contribution in [1.29, 1.82) is 0 Å². The van der Waals surface area contributed by atoms with E-state index in [0.717, 1.165) is 29.8 Å². The number of hydrogen-bond acceptors (Lipinski definition) is 4. The van der Waals surface area contributed by atoms with Crippen molar-refractivity contribution in [3.8, 4) is 5.69 Å². The van der Waals surface area contributed by atoms with Crippen LogP contribution in [0.1, 0.15) is 50.4 Å². The molecule has 1 aromatic heterocycles. The van der Waals surface area contributed by atoms with Gasteiger partial charge in [0.1, 0.15) is 5.82 Å². The average molecular weight is 373 g/mol. The zero-order valence-corrected chi connectivity index (χ0v) is 15.8. The molecule has 1 aromatic carbocycles. The van der Waals surface area contributed by atoms with Crippen molar-refractivity contribution in [3.05, 3.63) is 47.5 Å². The molecule has 0 aliphatic heterocycles. The van der Waals surface area contributed by atoms with E-state index in [1.54, 1.807) is 18.3 Å². The van der Waals surface area contributed by atoms with Crippen molar-refractivity contribution in [3.63, 3.8) is 0 Å². The topological polar surface area (TPSA) is 73.2 Å². The van der Waals surface area contributed by atoms with Crippen LogP contribution in [0, 0.1) is 11.2 Å². The Hall–Kier alpha value is -2.70. The van der Waals surface area contributed by atoms with Crippen LogP contribution in [0.3, 0.4) is 0 Å². The van der Waals surface area contributed by atoms with Gasteiger partial charge in [-0.05, 0) is 42.5 Å². The first kappa shape index (κ1) is 19.1. The van der Waals surface area contributed by atoms with E-state index >= 15 is 0 Å². The number of rotatable bonds is 5. The maximum Gasteiger partial charge on any atom is 0.306 e. The van der Waals surface area contributed by atoms with Crippen LogP contribution >= 0.6 is 0 Å². The number of carbonyl (C=O) groups is 2. The normalized spacial score (nSPS) is 17.9. The van der Waals surface area contributed by atoms with Crippen LogP contribution in [0.4, 0.5) is 4.39 Å². The summed E-state index contributed by atoms with van der Waals surface area (Å²) < 4.78 is 19.6. The fraction of sp³-hybridized carbons (Fsp3) is 0.450. The third-order valence-electron chi connectivity index (χ3n) is 4.87. The molecule has 0 radical (unpaired) electrons. The van der Waals surface area contributed by atoms with Crippen molar-refractivity contribution in [2.75, 3.05) is 7.11 Å². The van der Waals surface area contributed by atoms with E-state index in [1.165, 1.54) is 19.2 Å². The summed E-state index contributed by atoms with van der Waals surface area (Å²) in [6.45, 7) is 4.29. The summed E-state index contributed by atoms with van der Waals surface area (Å²) >= 11 is 0. The highest BCUT2D eigenvalue weighted by atomic mass is 19.1. The number of amides is 1. The molecule has 1 N–H and O–H groups in total. The maximum atomic E-state index is 13.2. The number of nitrogens with one attached hydrogen (secondary N) is 1. The molecule has 1 aliphatic rings. The number of halogens is 1. The summed E-state index contributed by atoms with van der Waals surface area (Å²) in [5.74, 6) is -0.890. The van der Waals surface area contributed by atoms with Crippen molar-refractivity contribution >= 4 is 11.9 Å². The Morgan fingerprint density at radius 2 is 2.00 bits per heavy atom. The molecule has 1 aliphatic carbocycles. The smallest absolute Gasteiger partial charge is 0.306 e. The van der Waals surface area contributed by atoms with Gasteiger partial charge in [0.25, 0.3) is 0 Å². The molecule has 1 amide bonds. The van der Waals surface area contributed by atoms with E-state index in [-0.39, 0.29) is 36.0 Å². The first-order chi connectivity index (χ1) is 12.8. The van der Waals surface area contributed by atoms with Crippen LogP contribution in [-0.2, 0) is 20.7 Å². The van der Waals surface area contributed by atoms with E-state index in [0.29, 0.717) is 0 Å². The SMILES string of the molecule is COC(=O)CCC(=O)N[C@@H]1CC(C)(C)Cc2c1cnn2-c1ccc(F)cc1. The second-order valence-electron chi connectivity index (χ2n) is 7.68. The molecule has 27 heavy (non-hydrogen) atoms. The summed E-state index contributed by atoms with van der Waals surface area (Å²) in [4.78, 5) is 23.5. The number of benzene rings is 1. The largest absolute Gasteiger partial charge is 0.469 e. The quantitative estimate of drug-likeness (QED) is 0.818. The summed E-state index contributed by atoms with van der Waals surface area (Å²) in [5, 5.41) is 7.50. The molecule has 0 unspecified atom stereocenters. The second-order valence-corrected chi connectivity index (χ2v) is 7.68. The fourth-order valence-electron chi connectivity index (χ4n) is 3.56. The van der Waals surface area contributed by atoms with Gasteiger partial charge in [-0.25, -0.2) is 9.07 Å². The molecule has 2 aromatic rings. The maximum absolute atomic E-state index is 13.2. The van der Waals surface area contributed by atoms with Gasteiger partial charge >= 0.3 is 5.97 Å². The van der Waals surface area contributed by atoms with Crippen LogP contribution in [0.25, 0.3) is 5.69 Å². The molecule has 1 atom stereocenters. The van der Waals surface area contributed by atoms with Gasteiger partial charge in [0.15, 0.2) is 0 Å². The van der Waals surface area contributed by atoms with E-state index in [9.17, 15) is 14.0 Å². The number of ether oxygens (including phenoxy) is 1. The Morgan fingerprint density at radius 3 is 2.67 bits per heavy atom. The predicted molar refractivity (Wildman–Crippen MR) is 97.8 cm³/mol. The van der Waals surface area contributed by atoms with Gasteiger partial charge in [-0.1, -0.05) is 13.8 Å². The molecule has 0 bridgehead atoms. The van der Waals surface area contributed by atoms with Crippen LogP contribution in [0.2, 0.25) is 0 Å². The standard InChI is InChI=1S/C20H24FN3O3/c1-20(2)10-16(23-18(25)8-9-19(26)27-3)15-12-22-24(17(15)11-20)14-6-4-13(21)5-7-14/h4-7,12,16H,8-11H2,1-3H3,(H,23,25)/t16-/m1/s1. The highest BCUT2D eigenvalue weighted by Gasteiger charge is 2.36. The number of esters is 1. The molecule has 1 heterocycles. The molecule has 0 saturated carbocycles. The monoisotopic (exact) mass is 373 g/mol. The van der Waals surface area contributed by atoms with Crippen molar-refractivity contribution in [2.24, 2.45) is 5.41 Å². The number of fused-ring (bicyclic) bond motifs is 1. The van der Waals surface area contributed by atoms with Gasteiger partial charge in [-0.3, -0.25) is 9.59 Å². The van der Waals surface area contributed by atoms with E-state index in [4.69, 9.17) is 0 Å². The highest BCUT2D eigenvalue weighted by molar-refractivity contribution is 5.81. The molecule has 6 nitrogen and oxygen atoms in total. The summed E-state index contributed by atoms with van der Waals surface area (Å²) in [6.07, 6.45) is 3.48. The van der Waals surface area contributed by atoms with Crippen molar-refractivity contribution in [2.45, 2.75) is 45.6 Å². The van der Waals surface area contributed by atoms with E-state index in [1.807, 2.05) is 4.68 Å². The van der Waals surface area contributed by atoms with Crippen molar-refractivity contribution in [1.82, 2.24) is 15.1 Å². The number of carbonyl (C=O) groups excluding carboxylic acids is 2. The molecular weight excluding hydrogens is 349 g/mol. The van der Waals surface area contributed by atoms with Crippen molar-refractivity contribution < 1.29 is 18.7 Å². The van der Waals surface area contributed by atoms with Gasteiger partial charge in [0.2, 0.25) is 5.91 Å². The van der Waals surface area contributed by atoms with Gasteiger partial charge in [-0.2, -0.15) is 5.10 Å². The molecule has 7 heteroatoms. The summed E-state index contributed by atoms with van der Waals surface area (Å²) in [7, 11) is 1.31. The Labute approximate surface area is 157 Å². The first-order valence-corrected chi connectivity index (χ1v) is 8.98. The minimum Gasteiger partial charge on any atom is -0.469 e. The highest BCUT2D eigenvalue weighted by Crippen LogP contribution is 2.41. The lowest BCUT2D eigenvalue weighted by atomic mass is 9.74. The molecule has 0 spiro atoms. The minimum atomic E-state index is -0.404. The summed E-state index contributed by atoms with van der Waals surface area (Å²) in [5.41, 5.74) is 2.72. The van der Waals surface area contributed by atoms with Crippen LogP contribution in [0.15, 0.2) is 30.5 Å². The Morgan fingerprint density at radius 1 is 1.30 bits per heavy atom. The van der Waals surface area contributed by atoms with Crippen LogP contribution in [0.5, 0.6) is 0 Å². The second kappa shape index (κ2) is 7.50. The number of hydrogen-bond donors (Lipinski definition) is 1. The molecule has 0 fully saturated rings. The predicted octanol–water partition coefficient (Wildman–Crippen LogP) is 3.09. The third kappa shape index (κ3) is 4.35. The molecule has 144 valence electrons. The summed E-state index contributed by atoms with van der Waals surface area (Å²) in [6, 6.07) is 6.01. The Balaban J connectivity index is 1.83. The fourth-order valence-corrected chi connectivity index (χ4v) is 3.56. The van der Waals surface area contributed by atoms with Gasteiger partial charge < -0.3 is 10.1 Å². The zero-order valence-electron chi connectivity index (χ0n) is 15.8.